The molecule has 0 fully saturated rings. The molecule has 5 nitrogen and oxygen atoms in total. The third kappa shape index (κ3) is 3.35. The van der Waals surface area contributed by atoms with Crippen LogP contribution in [0.3, 0.4) is 0 Å². The van der Waals surface area contributed by atoms with Gasteiger partial charge in [-0.25, -0.2) is 10.4 Å². The van der Waals surface area contributed by atoms with Crippen LogP contribution in [0, 0.1) is 0 Å². The molecule has 5 heteroatoms. The smallest absolute Gasteiger partial charge is 0.289 e. The number of nitrogens with one attached hydrogen (secondary N) is 1. The molecule has 0 saturated carbocycles. The molecule has 0 unspecified atom stereocenters. The number of carbonyl (C=O) groups excluding carboxylic acids is 1. The molecular formula is C18H15N3O2. The second kappa shape index (κ2) is 6.70. The van der Waals surface area contributed by atoms with Gasteiger partial charge in [-0.1, -0.05) is 36.4 Å². The van der Waals surface area contributed by atoms with Gasteiger partial charge in [0.1, 0.15) is 11.4 Å². The van der Waals surface area contributed by atoms with E-state index in [2.05, 4.69) is 15.5 Å². The quantitative estimate of drug-likeness (QED) is 0.595. The third-order valence-corrected chi connectivity index (χ3v) is 3.34. The van der Waals surface area contributed by atoms with Crippen molar-refractivity contribution in [1.82, 2.24) is 10.4 Å². The number of methoxy groups -OCH3 is 1. The fourth-order valence-corrected chi connectivity index (χ4v) is 2.18. The van der Waals surface area contributed by atoms with E-state index in [1.807, 2.05) is 54.6 Å². The summed E-state index contributed by atoms with van der Waals surface area (Å²) in [5.74, 6) is 0.330. The monoisotopic (exact) mass is 305 g/mol. The van der Waals surface area contributed by atoms with Crippen LogP contribution in [0.15, 0.2) is 65.8 Å². The summed E-state index contributed by atoms with van der Waals surface area (Å²) in [6.07, 6.45) is 1.54. The average molecular weight is 305 g/mol. The van der Waals surface area contributed by atoms with Gasteiger partial charge in [-0.05, 0) is 24.3 Å². The van der Waals surface area contributed by atoms with Gasteiger partial charge in [0.05, 0.1) is 18.8 Å². The lowest BCUT2D eigenvalue weighted by atomic mass is 10.2. The van der Waals surface area contributed by atoms with Gasteiger partial charge >= 0.3 is 0 Å². The molecule has 0 radical (unpaired) electrons. The minimum atomic E-state index is -0.359. The number of aromatic nitrogens is 1. The molecule has 0 atom stereocenters. The number of hydrogen-bond acceptors (Lipinski definition) is 4. The van der Waals surface area contributed by atoms with E-state index in [4.69, 9.17) is 4.74 Å². The van der Waals surface area contributed by atoms with E-state index < -0.39 is 0 Å². The highest BCUT2D eigenvalue weighted by Crippen LogP contribution is 2.14. The van der Waals surface area contributed by atoms with Gasteiger partial charge in [0.25, 0.3) is 5.91 Å². The van der Waals surface area contributed by atoms with Gasteiger partial charge in [0.15, 0.2) is 0 Å². The summed E-state index contributed by atoms with van der Waals surface area (Å²) in [5.41, 5.74) is 4.35. The van der Waals surface area contributed by atoms with Crippen molar-refractivity contribution < 1.29 is 9.53 Å². The molecular weight excluding hydrogens is 290 g/mol. The van der Waals surface area contributed by atoms with Crippen LogP contribution in [0.1, 0.15) is 16.1 Å². The van der Waals surface area contributed by atoms with Crippen molar-refractivity contribution in [2.24, 2.45) is 5.10 Å². The average Bonchev–Trinajstić information content (AvgIpc) is 2.61. The van der Waals surface area contributed by atoms with E-state index in [1.54, 1.807) is 13.2 Å². The number of hydrogen-bond donors (Lipinski definition) is 1. The Morgan fingerprint density at radius 1 is 1.09 bits per heavy atom. The molecule has 3 rings (SSSR count). The van der Waals surface area contributed by atoms with E-state index in [9.17, 15) is 4.79 Å². The molecule has 2 aromatic carbocycles. The van der Waals surface area contributed by atoms with Crippen molar-refractivity contribution >= 4 is 23.0 Å². The van der Waals surface area contributed by atoms with E-state index in [1.165, 1.54) is 6.21 Å². The molecule has 0 aliphatic heterocycles. The SMILES string of the molecule is COc1ccccc1/C=N/NC(=O)c1ccc2ccccc2n1. The lowest BCUT2D eigenvalue weighted by molar-refractivity contribution is 0.0950. The number of rotatable bonds is 4. The minimum absolute atomic E-state index is 0.320. The first kappa shape index (κ1) is 14.7. The topological polar surface area (TPSA) is 63.6 Å². The Labute approximate surface area is 133 Å². The predicted molar refractivity (Wildman–Crippen MR) is 89.8 cm³/mol. The Kier molecular flexibility index (Phi) is 4.29. The first-order chi connectivity index (χ1) is 11.3. The van der Waals surface area contributed by atoms with Gasteiger partial charge in [-0.3, -0.25) is 4.79 Å². The molecule has 0 aliphatic rings. The molecule has 3 aromatic rings. The van der Waals surface area contributed by atoms with Crippen LogP contribution in [0.2, 0.25) is 0 Å². The minimum Gasteiger partial charge on any atom is -0.496 e. The van der Waals surface area contributed by atoms with E-state index >= 15 is 0 Å². The predicted octanol–water partition coefficient (Wildman–Crippen LogP) is 3.01. The van der Waals surface area contributed by atoms with Gasteiger partial charge in [0.2, 0.25) is 0 Å². The van der Waals surface area contributed by atoms with Gasteiger partial charge in [-0.2, -0.15) is 5.10 Å². The zero-order valence-electron chi connectivity index (χ0n) is 12.6. The maximum Gasteiger partial charge on any atom is 0.289 e. The Morgan fingerprint density at radius 2 is 1.87 bits per heavy atom. The zero-order chi connectivity index (χ0) is 16.1. The lowest BCUT2D eigenvalue weighted by Gasteiger charge is -2.03. The molecule has 0 bridgehead atoms. The lowest BCUT2D eigenvalue weighted by Crippen LogP contribution is -2.19. The number of hydrazone groups is 1. The molecule has 114 valence electrons. The van der Waals surface area contributed by atoms with Crippen molar-refractivity contribution in [2.45, 2.75) is 0 Å². The van der Waals surface area contributed by atoms with Crippen molar-refractivity contribution in [3.63, 3.8) is 0 Å². The molecule has 0 aliphatic carbocycles. The summed E-state index contributed by atoms with van der Waals surface area (Å²) in [6.45, 7) is 0. The number of carbonyl (C=O) groups is 1. The Morgan fingerprint density at radius 3 is 2.74 bits per heavy atom. The third-order valence-electron chi connectivity index (χ3n) is 3.34. The van der Waals surface area contributed by atoms with E-state index in [-0.39, 0.29) is 5.91 Å². The zero-order valence-corrected chi connectivity index (χ0v) is 12.6. The van der Waals surface area contributed by atoms with Crippen molar-refractivity contribution in [3.05, 3.63) is 71.9 Å². The first-order valence-electron chi connectivity index (χ1n) is 7.10. The summed E-state index contributed by atoms with van der Waals surface area (Å²) >= 11 is 0. The fourth-order valence-electron chi connectivity index (χ4n) is 2.18. The molecule has 23 heavy (non-hydrogen) atoms. The largest absolute Gasteiger partial charge is 0.496 e. The van der Waals surface area contributed by atoms with Crippen molar-refractivity contribution in [2.75, 3.05) is 7.11 Å². The highest BCUT2D eigenvalue weighted by Gasteiger charge is 2.07. The standard InChI is InChI=1S/C18H15N3O2/c1-23-17-9-5-3-7-14(17)12-19-21-18(22)16-11-10-13-6-2-4-8-15(13)20-16/h2-12H,1H3,(H,21,22)/b19-12+. The Balaban J connectivity index is 1.74. The Bertz CT molecular complexity index is 875. The molecule has 1 amide bonds. The van der Waals surface area contributed by atoms with Crippen LogP contribution < -0.4 is 10.2 Å². The number of amides is 1. The first-order valence-corrected chi connectivity index (χ1v) is 7.10. The van der Waals surface area contributed by atoms with Crippen molar-refractivity contribution in [3.8, 4) is 5.75 Å². The van der Waals surface area contributed by atoms with Crippen LogP contribution >= 0.6 is 0 Å². The molecule has 0 saturated heterocycles. The number of nitrogens with zero attached hydrogens (tertiary/aromatic N) is 2. The van der Waals surface area contributed by atoms with Crippen LogP contribution in [0.25, 0.3) is 10.9 Å². The number of benzene rings is 2. The van der Waals surface area contributed by atoms with Crippen molar-refractivity contribution in [1.29, 1.82) is 0 Å². The number of ether oxygens (including phenoxy) is 1. The summed E-state index contributed by atoms with van der Waals surface area (Å²) in [4.78, 5) is 16.4. The van der Waals surface area contributed by atoms with Crippen LogP contribution in [0.4, 0.5) is 0 Å². The molecule has 1 aromatic heterocycles. The fraction of sp³-hybridized carbons (Fsp3) is 0.0556. The Hall–Kier alpha value is -3.21. The van der Waals surface area contributed by atoms with E-state index in [0.717, 1.165) is 16.5 Å². The number of para-hydroxylation sites is 2. The highest BCUT2D eigenvalue weighted by atomic mass is 16.5. The maximum absolute atomic E-state index is 12.1. The summed E-state index contributed by atoms with van der Waals surface area (Å²) in [7, 11) is 1.59. The van der Waals surface area contributed by atoms with E-state index in [0.29, 0.717) is 11.4 Å². The molecule has 1 N–H and O–H groups in total. The maximum atomic E-state index is 12.1. The van der Waals surface area contributed by atoms with Crippen LogP contribution in [-0.4, -0.2) is 24.2 Å². The highest BCUT2D eigenvalue weighted by molar-refractivity contribution is 5.95. The van der Waals surface area contributed by atoms with Crippen LogP contribution in [-0.2, 0) is 0 Å². The summed E-state index contributed by atoms with van der Waals surface area (Å²) in [6, 6.07) is 18.6. The second-order valence-electron chi connectivity index (χ2n) is 4.83. The second-order valence-corrected chi connectivity index (χ2v) is 4.83. The normalized spacial score (nSPS) is 10.8. The van der Waals surface area contributed by atoms with Crippen LogP contribution in [0.5, 0.6) is 5.75 Å². The number of fused-ring (bicyclic) bond motifs is 1. The van der Waals surface area contributed by atoms with Gasteiger partial charge < -0.3 is 4.74 Å². The summed E-state index contributed by atoms with van der Waals surface area (Å²) in [5, 5.41) is 4.95. The molecule has 0 spiro atoms. The summed E-state index contributed by atoms with van der Waals surface area (Å²) < 4.78 is 5.22. The van der Waals surface area contributed by atoms with Gasteiger partial charge in [-0.15, -0.1) is 0 Å². The van der Waals surface area contributed by atoms with Gasteiger partial charge in [0, 0.05) is 10.9 Å². The molecule has 1 heterocycles. The number of pyridine rings is 1.